The topological polar surface area (TPSA) is 58.2 Å². The highest BCUT2D eigenvalue weighted by Gasteiger charge is 2.38. The van der Waals surface area contributed by atoms with Crippen LogP contribution in [0.5, 0.6) is 0 Å². The number of carbonyl (C=O) groups is 2. The van der Waals surface area contributed by atoms with E-state index in [2.05, 4.69) is 16.9 Å². The summed E-state index contributed by atoms with van der Waals surface area (Å²) in [4.78, 5) is 22.3. The van der Waals surface area contributed by atoms with Crippen molar-refractivity contribution in [3.63, 3.8) is 0 Å². The third-order valence-corrected chi connectivity index (χ3v) is 4.76. The summed E-state index contributed by atoms with van der Waals surface area (Å²) < 4.78 is 0.311. The second kappa shape index (κ2) is 4.14. The van der Waals surface area contributed by atoms with E-state index in [0.717, 1.165) is 6.54 Å². The average molecular weight is 228 g/mol. The van der Waals surface area contributed by atoms with Crippen LogP contribution in [-0.2, 0) is 9.59 Å². The number of thioether (sulfide) groups is 1. The molecule has 1 saturated carbocycles. The lowest BCUT2D eigenvalue weighted by Crippen LogP contribution is -2.48. The molecule has 1 unspecified atom stereocenters. The van der Waals surface area contributed by atoms with Crippen molar-refractivity contribution in [2.45, 2.75) is 36.5 Å². The van der Waals surface area contributed by atoms with E-state index in [1.807, 2.05) is 11.8 Å². The highest BCUT2D eigenvalue weighted by molar-refractivity contribution is 8.00. The molecule has 0 aromatic rings. The molecule has 0 aromatic heterocycles. The zero-order valence-electron chi connectivity index (χ0n) is 8.84. The summed E-state index contributed by atoms with van der Waals surface area (Å²) in [5, 5.41) is 5.51. The smallest absolute Gasteiger partial charge is 0.244 e. The molecule has 15 heavy (non-hydrogen) atoms. The number of hydrogen-bond donors (Lipinski definition) is 2. The van der Waals surface area contributed by atoms with Gasteiger partial charge in [0.2, 0.25) is 11.8 Å². The van der Waals surface area contributed by atoms with Crippen molar-refractivity contribution in [2.75, 3.05) is 12.8 Å². The zero-order valence-corrected chi connectivity index (χ0v) is 9.65. The lowest BCUT2D eigenvalue weighted by molar-refractivity contribution is -0.125. The largest absolute Gasteiger partial charge is 0.304 e. The number of hydrogen-bond acceptors (Lipinski definition) is 4. The molecule has 84 valence electrons. The molecule has 0 bridgehead atoms. The van der Waals surface area contributed by atoms with E-state index in [-0.39, 0.29) is 17.9 Å². The minimum Gasteiger partial charge on any atom is -0.304 e. The van der Waals surface area contributed by atoms with Gasteiger partial charge in [-0.15, -0.1) is 0 Å². The SMILES string of the molecule is CSC1(CNC2CC(=O)NC2=O)CCC1. The van der Waals surface area contributed by atoms with Gasteiger partial charge in [0.1, 0.15) is 0 Å². The van der Waals surface area contributed by atoms with Gasteiger partial charge in [0, 0.05) is 11.3 Å². The molecular formula is C10H16N2O2S. The summed E-state index contributed by atoms with van der Waals surface area (Å²) in [6, 6.07) is -0.304. The molecule has 1 saturated heterocycles. The Morgan fingerprint density at radius 2 is 2.27 bits per heavy atom. The van der Waals surface area contributed by atoms with E-state index >= 15 is 0 Å². The molecule has 1 heterocycles. The van der Waals surface area contributed by atoms with Gasteiger partial charge < -0.3 is 5.32 Å². The number of carbonyl (C=O) groups excluding carboxylic acids is 2. The fourth-order valence-corrected chi connectivity index (χ4v) is 2.98. The monoisotopic (exact) mass is 228 g/mol. The Balaban J connectivity index is 1.82. The first kappa shape index (κ1) is 11.0. The van der Waals surface area contributed by atoms with Crippen LogP contribution in [0.3, 0.4) is 0 Å². The van der Waals surface area contributed by atoms with Crippen LogP contribution < -0.4 is 10.6 Å². The summed E-state index contributed by atoms with van der Waals surface area (Å²) in [6.07, 6.45) is 6.11. The highest BCUT2D eigenvalue weighted by Crippen LogP contribution is 2.42. The third kappa shape index (κ3) is 2.18. The van der Waals surface area contributed by atoms with E-state index in [1.54, 1.807) is 0 Å². The van der Waals surface area contributed by atoms with E-state index in [4.69, 9.17) is 0 Å². The summed E-state index contributed by atoms with van der Waals surface area (Å²) in [5.74, 6) is -0.333. The summed E-state index contributed by atoms with van der Waals surface area (Å²) in [5.41, 5.74) is 0. The van der Waals surface area contributed by atoms with E-state index in [0.29, 0.717) is 11.2 Å². The van der Waals surface area contributed by atoms with Crippen LogP contribution in [0.15, 0.2) is 0 Å². The quantitative estimate of drug-likeness (QED) is 0.678. The normalized spacial score (nSPS) is 28.7. The van der Waals surface area contributed by atoms with Crippen molar-refractivity contribution in [1.29, 1.82) is 0 Å². The maximum Gasteiger partial charge on any atom is 0.244 e. The Labute approximate surface area is 93.6 Å². The Kier molecular flexibility index (Phi) is 3.02. The first-order chi connectivity index (χ1) is 7.15. The molecule has 2 fully saturated rings. The number of imide groups is 1. The van der Waals surface area contributed by atoms with Gasteiger partial charge in [-0.2, -0.15) is 11.8 Å². The second-order valence-electron chi connectivity index (χ2n) is 4.29. The predicted octanol–water partition coefficient (Wildman–Crippen LogP) is 0.277. The molecule has 1 atom stereocenters. The molecular weight excluding hydrogens is 212 g/mol. The van der Waals surface area contributed by atoms with Gasteiger partial charge in [0.25, 0.3) is 0 Å². The summed E-state index contributed by atoms with van der Waals surface area (Å²) in [6.45, 7) is 0.833. The lowest BCUT2D eigenvalue weighted by Gasteiger charge is -2.41. The molecule has 0 radical (unpaired) electrons. The van der Waals surface area contributed by atoms with Crippen LogP contribution in [0.25, 0.3) is 0 Å². The Morgan fingerprint density at radius 3 is 2.67 bits per heavy atom. The van der Waals surface area contributed by atoms with Gasteiger partial charge in [0.15, 0.2) is 0 Å². The van der Waals surface area contributed by atoms with Crippen molar-refractivity contribution >= 4 is 23.6 Å². The van der Waals surface area contributed by atoms with Gasteiger partial charge in [-0.1, -0.05) is 6.42 Å². The molecule has 1 aliphatic heterocycles. The van der Waals surface area contributed by atoms with Gasteiger partial charge in [-0.25, -0.2) is 0 Å². The number of nitrogens with one attached hydrogen (secondary N) is 2. The van der Waals surface area contributed by atoms with Crippen molar-refractivity contribution in [3.8, 4) is 0 Å². The minimum atomic E-state index is -0.304. The molecule has 2 rings (SSSR count). The van der Waals surface area contributed by atoms with Crippen molar-refractivity contribution < 1.29 is 9.59 Å². The maximum absolute atomic E-state index is 11.3. The molecule has 2 amide bonds. The van der Waals surface area contributed by atoms with Gasteiger partial charge in [-0.3, -0.25) is 14.9 Å². The third-order valence-electron chi connectivity index (χ3n) is 3.34. The molecule has 0 aromatic carbocycles. The number of amides is 2. The second-order valence-corrected chi connectivity index (χ2v) is 5.57. The van der Waals surface area contributed by atoms with Crippen LogP contribution in [0, 0.1) is 0 Å². The summed E-state index contributed by atoms with van der Waals surface area (Å²) >= 11 is 1.87. The van der Waals surface area contributed by atoms with Crippen LogP contribution in [0.1, 0.15) is 25.7 Å². The lowest BCUT2D eigenvalue weighted by atomic mass is 9.84. The van der Waals surface area contributed by atoms with Crippen LogP contribution in [0.2, 0.25) is 0 Å². The number of rotatable bonds is 4. The standard InChI is InChI=1S/C10H16N2O2S/c1-15-10(3-2-4-10)6-11-7-5-8(13)12-9(7)14/h7,11H,2-6H2,1H3,(H,12,13,14). The molecule has 0 spiro atoms. The van der Waals surface area contributed by atoms with Crippen molar-refractivity contribution in [2.24, 2.45) is 0 Å². The zero-order chi connectivity index (χ0) is 10.9. The van der Waals surface area contributed by atoms with Gasteiger partial charge in [0.05, 0.1) is 12.5 Å². The van der Waals surface area contributed by atoms with E-state index in [9.17, 15) is 9.59 Å². The first-order valence-corrected chi connectivity index (χ1v) is 6.50. The molecule has 2 N–H and O–H groups in total. The fourth-order valence-electron chi connectivity index (χ4n) is 2.05. The predicted molar refractivity (Wildman–Crippen MR) is 59.7 cm³/mol. The minimum absolute atomic E-state index is 0.163. The Hall–Kier alpha value is -0.550. The Morgan fingerprint density at radius 1 is 1.53 bits per heavy atom. The fraction of sp³-hybridized carbons (Fsp3) is 0.800. The van der Waals surface area contributed by atoms with E-state index in [1.165, 1.54) is 19.3 Å². The first-order valence-electron chi connectivity index (χ1n) is 5.27. The maximum atomic E-state index is 11.3. The summed E-state index contributed by atoms with van der Waals surface area (Å²) in [7, 11) is 0. The van der Waals surface area contributed by atoms with E-state index < -0.39 is 0 Å². The van der Waals surface area contributed by atoms with Gasteiger partial charge >= 0.3 is 0 Å². The highest BCUT2D eigenvalue weighted by atomic mass is 32.2. The molecule has 1 aliphatic carbocycles. The van der Waals surface area contributed by atoms with Gasteiger partial charge in [-0.05, 0) is 19.1 Å². The van der Waals surface area contributed by atoms with Crippen LogP contribution in [0.4, 0.5) is 0 Å². The van der Waals surface area contributed by atoms with Crippen LogP contribution in [-0.4, -0.2) is 35.4 Å². The molecule has 4 nitrogen and oxygen atoms in total. The van der Waals surface area contributed by atoms with Crippen molar-refractivity contribution in [1.82, 2.24) is 10.6 Å². The van der Waals surface area contributed by atoms with Crippen LogP contribution >= 0.6 is 11.8 Å². The molecule has 5 heteroatoms. The Bertz CT molecular complexity index is 284. The average Bonchev–Trinajstić information content (AvgIpc) is 2.44. The molecule has 2 aliphatic rings. The van der Waals surface area contributed by atoms with Crippen molar-refractivity contribution in [3.05, 3.63) is 0 Å².